The predicted molar refractivity (Wildman–Crippen MR) is 82.1 cm³/mol. The number of H-pyrrole nitrogens is 1. The number of anilines is 1. The Labute approximate surface area is 124 Å². The summed E-state index contributed by atoms with van der Waals surface area (Å²) in [6.45, 7) is 7.56. The molecule has 1 atom stereocenters. The van der Waals surface area contributed by atoms with E-state index in [1.54, 1.807) is 0 Å². The minimum atomic E-state index is 0.164. The Kier molecular flexibility index (Phi) is 3.73. The molecule has 0 saturated heterocycles. The quantitative estimate of drug-likeness (QED) is 0.908. The fourth-order valence-electron chi connectivity index (χ4n) is 2.51. The summed E-state index contributed by atoms with van der Waals surface area (Å²) in [6, 6.07) is 6.29. The highest BCUT2D eigenvalue weighted by Crippen LogP contribution is 2.33. The molecule has 2 aromatic rings. The summed E-state index contributed by atoms with van der Waals surface area (Å²) in [5, 5.41) is 10.7. The van der Waals surface area contributed by atoms with Crippen LogP contribution in [0.1, 0.15) is 36.3 Å². The van der Waals surface area contributed by atoms with E-state index in [1.807, 2.05) is 19.9 Å². The van der Waals surface area contributed by atoms with E-state index in [0.717, 1.165) is 35.0 Å². The van der Waals surface area contributed by atoms with Crippen LogP contribution >= 0.6 is 0 Å². The lowest BCUT2D eigenvalue weighted by Crippen LogP contribution is -2.08. The van der Waals surface area contributed by atoms with Gasteiger partial charge in [0.2, 0.25) is 0 Å². The number of hydrogen-bond donors (Lipinski definition) is 2. The Balaban J connectivity index is 1.82. The van der Waals surface area contributed by atoms with Gasteiger partial charge in [0.25, 0.3) is 0 Å². The van der Waals surface area contributed by atoms with Crippen LogP contribution in [0.4, 0.5) is 5.69 Å². The van der Waals surface area contributed by atoms with Gasteiger partial charge in [-0.05, 0) is 38.5 Å². The molecule has 2 heterocycles. The van der Waals surface area contributed by atoms with Crippen LogP contribution in [-0.2, 0) is 0 Å². The number of aryl methyl sites for hydroxylation is 2. The molecule has 21 heavy (non-hydrogen) atoms. The molecular weight excluding hydrogens is 266 g/mol. The molecule has 2 N–H and O–H groups in total. The highest BCUT2D eigenvalue weighted by Gasteiger charge is 2.15. The van der Waals surface area contributed by atoms with Crippen molar-refractivity contribution in [1.82, 2.24) is 10.2 Å². The summed E-state index contributed by atoms with van der Waals surface area (Å²) in [7, 11) is 0. The van der Waals surface area contributed by atoms with Gasteiger partial charge in [0.15, 0.2) is 11.5 Å². The van der Waals surface area contributed by atoms with Crippen molar-refractivity contribution >= 4 is 5.69 Å². The fourth-order valence-corrected chi connectivity index (χ4v) is 2.51. The molecule has 112 valence electrons. The number of aromatic nitrogens is 2. The SMILES string of the molecule is Cc1n[nH]c(C)c1NC(C)c1ccc2c(c1)OCCCO2. The maximum atomic E-state index is 5.75. The van der Waals surface area contributed by atoms with Gasteiger partial charge in [0.05, 0.1) is 30.3 Å². The molecule has 0 saturated carbocycles. The first kappa shape index (κ1) is 13.8. The third kappa shape index (κ3) is 2.82. The third-order valence-electron chi connectivity index (χ3n) is 3.76. The lowest BCUT2D eigenvalue weighted by atomic mass is 10.1. The molecule has 1 unspecified atom stereocenters. The summed E-state index contributed by atoms with van der Waals surface area (Å²) < 4.78 is 11.4. The maximum absolute atomic E-state index is 5.75. The molecule has 1 aliphatic heterocycles. The van der Waals surface area contributed by atoms with Crippen LogP contribution in [0, 0.1) is 13.8 Å². The van der Waals surface area contributed by atoms with E-state index in [4.69, 9.17) is 9.47 Å². The van der Waals surface area contributed by atoms with Crippen molar-refractivity contribution in [3.8, 4) is 11.5 Å². The van der Waals surface area contributed by atoms with Crippen molar-refractivity contribution < 1.29 is 9.47 Å². The summed E-state index contributed by atoms with van der Waals surface area (Å²) in [5.41, 5.74) is 4.26. The number of ether oxygens (including phenoxy) is 2. The maximum Gasteiger partial charge on any atom is 0.161 e. The number of hydrogen-bond acceptors (Lipinski definition) is 4. The molecule has 5 nitrogen and oxygen atoms in total. The van der Waals surface area contributed by atoms with Gasteiger partial charge in [-0.15, -0.1) is 0 Å². The second-order valence-electron chi connectivity index (χ2n) is 5.43. The van der Waals surface area contributed by atoms with E-state index in [1.165, 1.54) is 5.56 Å². The second-order valence-corrected chi connectivity index (χ2v) is 5.43. The molecule has 0 amide bonds. The molecule has 5 heteroatoms. The monoisotopic (exact) mass is 287 g/mol. The van der Waals surface area contributed by atoms with Crippen molar-refractivity contribution in [3.05, 3.63) is 35.2 Å². The number of nitrogens with one attached hydrogen (secondary N) is 2. The van der Waals surface area contributed by atoms with Gasteiger partial charge < -0.3 is 14.8 Å². The van der Waals surface area contributed by atoms with E-state index in [0.29, 0.717) is 13.2 Å². The van der Waals surface area contributed by atoms with Crippen molar-refractivity contribution in [2.75, 3.05) is 18.5 Å². The zero-order valence-corrected chi connectivity index (χ0v) is 12.7. The topological polar surface area (TPSA) is 59.2 Å². The molecule has 0 spiro atoms. The van der Waals surface area contributed by atoms with Crippen LogP contribution in [-0.4, -0.2) is 23.4 Å². The number of nitrogens with zero attached hydrogens (tertiary/aromatic N) is 1. The molecule has 1 aliphatic rings. The first-order valence-corrected chi connectivity index (χ1v) is 7.33. The van der Waals surface area contributed by atoms with E-state index in [2.05, 4.69) is 34.6 Å². The van der Waals surface area contributed by atoms with Crippen LogP contribution in [0.5, 0.6) is 11.5 Å². The van der Waals surface area contributed by atoms with Gasteiger partial charge in [-0.25, -0.2) is 0 Å². The van der Waals surface area contributed by atoms with Crippen molar-refractivity contribution in [2.24, 2.45) is 0 Å². The lowest BCUT2D eigenvalue weighted by Gasteiger charge is -2.17. The Morgan fingerprint density at radius 1 is 1.19 bits per heavy atom. The van der Waals surface area contributed by atoms with Gasteiger partial charge in [-0.3, -0.25) is 5.10 Å². The standard InChI is InChI=1S/C16H21N3O2/c1-10(17-16-11(2)18-19-12(16)3)13-5-6-14-15(9-13)21-8-4-7-20-14/h5-6,9-10,17H,4,7-8H2,1-3H3,(H,18,19). The smallest absolute Gasteiger partial charge is 0.161 e. The Morgan fingerprint density at radius 3 is 2.67 bits per heavy atom. The molecule has 0 fully saturated rings. The highest BCUT2D eigenvalue weighted by molar-refractivity contribution is 5.54. The Hall–Kier alpha value is -2.17. The van der Waals surface area contributed by atoms with Crippen molar-refractivity contribution in [1.29, 1.82) is 0 Å². The van der Waals surface area contributed by atoms with Crippen LogP contribution in [0.2, 0.25) is 0 Å². The lowest BCUT2D eigenvalue weighted by molar-refractivity contribution is 0.297. The molecular formula is C16H21N3O2. The fraction of sp³-hybridized carbons (Fsp3) is 0.438. The Bertz CT molecular complexity index is 617. The summed E-state index contributed by atoms with van der Waals surface area (Å²) >= 11 is 0. The Morgan fingerprint density at radius 2 is 1.95 bits per heavy atom. The molecule has 0 bridgehead atoms. The first-order valence-electron chi connectivity index (χ1n) is 7.33. The van der Waals surface area contributed by atoms with Crippen molar-refractivity contribution in [2.45, 2.75) is 33.2 Å². The zero-order valence-electron chi connectivity index (χ0n) is 12.7. The van der Waals surface area contributed by atoms with Gasteiger partial charge >= 0.3 is 0 Å². The molecule has 3 rings (SSSR count). The number of fused-ring (bicyclic) bond motifs is 1. The summed E-state index contributed by atoms with van der Waals surface area (Å²) in [5.74, 6) is 1.67. The minimum Gasteiger partial charge on any atom is -0.490 e. The average Bonchev–Trinajstić information content (AvgIpc) is 2.70. The van der Waals surface area contributed by atoms with E-state index < -0.39 is 0 Å². The van der Waals surface area contributed by atoms with Gasteiger partial charge in [0.1, 0.15) is 0 Å². The molecule has 0 aliphatic carbocycles. The summed E-state index contributed by atoms with van der Waals surface area (Å²) in [6.07, 6.45) is 0.922. The van der Waals surface area contributed by atoms with E-state index in [-0.39, 0.29) is 6.04 Å². The van der Waals surface area contributed by atoms with Crippen LogP contribution in [0.25, 0.3) is 0 Å². The highest BCUT2D eigenvalue weighted by atomic mass is 16.5. The van der Waals surface area contributed by atoms with Gasteiger partial charge in [0, 0.05) is 12.5 Å². The minimum absolute atomic E-state index is 0.164. The van der Waals surface area contributed by atoms with Gasteiger partial charge in [-0.1, -0.05) is 6.07 Å². The number of aromatic amines is 1. The summed E-state index contributed by atoms with van der Waals surface area (Å²) in [4.78, 5) is 0. The van der Waals surface area contributed by atoms with E-state index in [9.17, 15) is 0 Å². The molecule has 0 radical (unpaired) electrons. The number of benzene rings is 1. The second kappa shape index (κ2) is 5.68. The third-order valence-corrected chi connectivity index (χ3v) is 3.76. The van der Waals surface area contributed by atoms with Crippen LogP contribution < -0.4 is 14.8 Å². The predicted octanol–water partition coefficient (Wildman–Crippen LogP) is 3.36. The molecule has 1 aromatic carbocycles. The average molecular weight is 287 g/mol. The van der Waals surface area contributed by atoms with Crippen LogP contribution in [0.15, 0.2) is 18.2 Å². The van der Waals surface area contributed by atoms with Crippen LogP contribution in [0.3, 0.4) is 0 Å². The molecule has 1 aromatic heterocycles. The normalized spacial score (nSPS) is 15.4. The first-order chi connectivity index (χ1) is 10.1. The van der Waals surface area contributed by atoms with Crippen molar-refractivity contribution in [3.63, 3.8) is 0 Å². The largest absolute Gasteiger partial charge is 0.490 e. The van der Waals surface area contributed by atoms with E-state index >= 15 is 0 Å². The zero-order chi connectivity index (χ0) is 14.8. The van der Waals surface area contributed by atoms with Gasteiger partial charge in [-0.2, -0.15) is 5.10 Å². The number of rotatable bonds is 3.